The van der Waals surface area contributed by atoms with Gasteiger partial charge in [-0.2, -0.15) is 11.8 Å². The fourth-order valence-corrected chi connectivity index (χ4v) is 5.06. The van der Waals surface area contributed by atoms with E-state index in [0.717, 1.165) is 5.75 Å². The van der Waals surface area contributed by atoms with Gasteiger partial charge in [0.05, 0.1) is 18.4 Å². The number of nitrogens with two attached hydrogens (primary N) is 1. The SMILES string of the molecule is CS(=O)(=O)C1CSCCN1Cc1occc1C(=O)NN. The Morgan fingerprint density at radius 3 is 3.05 bits per heavy atom. The molecular formula is C11H17N3O4S2. The standard InChI is InChI=1S/C11H17N3O4S2/c1-20(16,17)10-7-19-5-3-14(10)6-9-8(2-4-18-9)11(15)13-12/h2,4,10H,3,5-7,12H2,1H3,(H,13,15). The molecule has 1 aromatic heterocycles. The van der Waals surface area contributed by atoms with Crippen LogP contribution in [0.25, 0.3) is 0 Å². The van der Waals surface area contributed by atoms with Crippen molar-refractivity contribution in [2.75, 3.05) is 24.3 Å². The van der Waals surface area contributed by atoms with Crippen LogP contribution >= 0.6 is 11.8 Å². The summed E-state index contributed by atoms with van der Waals surface area (Å²) in [7, 11) is -3.18. The number of amides is 1. The number of hydrogen-bond donors (Lipinski definition) is 2. The van der Waals surface area contributed by atoms with E-state index in [1.165, 1.54) is 18.6 Å². The Morgan fingerprint density at radius 2 is 2.40 bits per heavy atom. The van der Waals surface area contributed by atoms with Crippen molar-refractivity contribution in [2.24, 2.45) is 5.84 Å². The number of sulfone groups is 1. The second-order valence-corrected chi connectivity index (χ2v) is 7.91. The third-order valence-corrected chi connectivity index (χ3v) is 5.84. The van der Waals surface area contributed by atoms with Gasteiger partial charge in [0, 0.05) is 24.3 Å². The molecule has 7 nitrogen and oxygen atoms in total. The molecule has 1 aliphatic rings. The van der Waals surface area contributed by atoms with Gasteiger partial charge in [-0.3, -0.25) is 15.1 Å². The van der Waals surface area contributed by atoms with E-state index in [9.17, 15) is 13.2 Å². The van der Waals surface area contributed by atoms with Crippen LogP contribution in [0.4, 0.5) is 0 Å². The van der Waals surface area contributed by atoms with Crippen LogP contribution in [0, 0.1) is 0 Å². The lowest BCUT2D eigenvalue weighted by atomic mass is 10.2. The predicted molar refractivity (Wildman–Crippen MR) is 76.7 cm³/mol. The summed E-state index contributed by atoms with van der Waals surface area (Å²) in [5.41, 5.74) is 2.38. The first-order valence-electron chi connectivity index (χ1n) is 6.01. The Bertz CT molecular complexity index is 584. The van der Waals surface area contributed by atoms with Gasteiger partial charge in [0.25, 0.3) is 5.91 Å². The van der Waals surface area contributed by atoms with E-state index in [-0.39, 0.29) is 6.54 Å². The number of thioether (sulfide) groups is 1. The van der Waals surface area contributed by atoms with Crippen molar-refractivity contribution in [3.63, 3.8) is 0 Å². The van der Waals surface area contributed by atoms with Crippen molar-refractivity contribution >= 4 is 27.5 Å². The van der Waals surface area contributed by atoms with E-state index in [1.807, 2.05) is 10.3 Å². The van der Waals surface area contributed by atoms with Crippen molar-refractivity contribution in [1.82, 2.24) is 10.3 Å². The third kappa shape index (κ3) is 3.35. The zero-order chi connectivity index (χ0) is 14.8. The maximum absolute atomic E-state index is 11.8. The van der Waals surface area contributed by atoms with Crippen LogP contribution in [-0.2, 0) is 16.4 Å². The van der Waals surface area contributed by atoms with Gasteiger partial charge in [0.15, 0.2) is 9.84 Å². The Balaban J connectivity index is 2.20. The van der Waals surface area contributed by atoms with Gasteiger partial charge in [0.1, 0.15) is 11.1 Å². The Kier molecular flexibility index (Phi) is 4.74. The fourth-order valence-electron chi connectivity index (χ4n) is 2.12. The summed E-state index contributed by atoms with van der Waals surface area (Å²) < 4.78 is 28.9. The topological polar surface area (TPSA) is 106 Å². The molecule has 0 spiro atoms. The third-order valence-electron chi connectivity index (χ3n) is 3.15. The average Bonchev–Trinajstić information content (AvgIpc) is 2.85. The van der Waals surface area contributed by atoms with Gasteiger partial charge < -0.3 is 4.42 Å². The summed E-state index contributed by atoms with van der Waals surface area (Å²) in [6.45, 7) is 0.904. The van der Waals surface area contributed by atoms with Crippen LogP contribution in [0.3, 0.4) is 0 Å². The van der Waals surface area contributed by atoms with Gasteiger partial charge in [-0.05, 0) is 6.07 Å². The number of nitrogen functional groups attached to an aromatic ring is 1. The van der Waals surface area contributed by atoms with Crippen molar-refractivity contribution < 1.29 is 17.6 Å². The summed E-state index contributed by atoms with van der Waals surface area (Å²) in [4.78, 5) is 13.4. The molecule has 20 heavy (non-hydrogen) atoms. The number of nitrogens with zero attached hydrogens (tertiary/aromatic N) is 1. The van der Waals surface area contributed by atoms with E-state index in [0.29, 0.717) is 23.6 Å². The summed E-state index contributed by atoms with van der Waals surface area (Å²) in [5.74, 6) is 6.46. The van der Waals surface area contributed by atoms with Crippen LogP contribution < -0.4 is 11.3 Å². The molecule has 1 aromatic rings. The van der Waals surface area contributed by atoms with E-state index in [1.54, 1.807) is 11.8 Å². The zero-order valence-electron chi connectivity index (χ0n) is 11.0. The molecule has 9 heteroatoms. The summed E-state index contributed by atoms with van der Waals surface area (Å²) in [5, 5.41) is -0.555. The number of hydrogen-bond acceptors (Lipinski definition) is 7. The molecule has 2 rings (SSSR count). The molecule has 0 saturated carbocycles. The van der Waals surface area contributed by atoms with E-state index < -0.39 is 21.1 Å². The highest BCUT2D eigenvalue weighted by molar-refractivity contribution is 8.00. The number of carbonyl (C=O) groups is 1. The van der Waals surface area contributed by atoms with Crippen LogP contribution in [0.5, 0.6) is 0 Å². The molecule has 0 radical (unpaired) electrons. The second-order valence-electron chi connectivity index (χ2n) is 4.56. The first-order chi connectivity index (χ1) is 9.43. The molecule has 1 saturated heterocycles. The lowest BCUT2D eigenvalue weighted by Crippen LogP contribution is -2.46. The smallest absolute Gasteiger partial charge is 0.268 e. The Morgan fingerprint density at radius 1 is 1.65 bits per heavy atom. The second kappa shape index (κ2) is 6.17. The van der Waals surface area contributed by atoms with E-state index in [2.05, 4.69) is 0 Å². The summed E-state index contributed by atoms with van der Waals surface area (Å²) >= 11 is 1.61. The number of rotatable bonds is 4. The lowest BCUT2D eigenvalue weighted by molar-refractivity contribution is 0.0949. The Hall–Kier alpha value is -1.03. The van der Waals surface area contributed by atoms with Crippen LogP contribution in [0.2, 0.25) is 0 Å². The molecule has 1 aliphatic heterocycles. The molecule has 1 amide bonds. The largest absolute Gasteiger partial charge is 0.467 e. The highest BCUT2D eigenvalue weighted by Gasteiger charge is 2.32. The van der Waals surface area contributed by atoms with Crippen LogP contribution in [0.15, 0.2) is 16.7 Å². The molecule has 2 heterocycles. The maximum atomic E-state index is 11.8. The number of carbonyl (C=O) groups excluding carboxylic acids is 1. The van der Waals surface area contributed by atoms with Gasteiger partial charge >= 0.3 is 0 Å². The molecule has 1 fully saturated rings. The van der Waals surface area contributed by atoms with Gasteiger partial charge in [0.2, 0.25) is 0 Å². The predicted octanol–water partition coefficient (Wildman–Crippen LogP) is -0.197. The lowest BCUT2D eigenvalue weighted by Gasteiger charge is -2.33. The normalized spacial score (nSPS) is 20.8. The zero-order valence-corrected chi connectivity index (χ0v) is 12.7. The molecule has 1 atom stereocenters. The monoisotopic (exact) mass is 319 g/mol. The number of furan rings is 1. The van der Waals surface area contributed by atoms with Gasteiger partial charge in [-0.25, -0.2) is 14.3 Å². The Labute approximate surface area is 121 Å². The number of nitrogens with one attached hydrogen (secondary N) is 1. The number of hydrazine groups is 1. The minimum atomic E-state index is -3.18. The first kappa shape index (κ1) is 15.4. The van der Waals surface area contributed by atoms with E-state index in [4.69, 9.17) is 10.3 Å². The highest BCUT2D eigenvalue weighted by atomic mass is 32.2. The quantitative estimate of drug-likeness (QED) is 0.450. The average molecular weight is 319 g/mol. The summed E-state index contributed by atoms with van der Waals surface area (Å²) in [6, 6.07) is 1.52. The molecule has 0 aromatic carbocycles. The highest BCUT2D eigenvalue weighted by Crippen LogP contribution is 2.23. The molecule has 0 bridgehead atoms. The van der Waals surface area contributed by atoms with Crippen molar-refractivity contribution in [1.29, 1.82) is 0 Å². The molecule has 1 unspecified atom stereocenters. The van der Waals surface area contributed by atoms with Gasteiger partial charge in [-0.15, -0.1) is 0 Å². The minimum Gasteiger partial charge on any atom is -0.467 e. The van der Waals surface area contributed by atoms with Crippen molar-refractivity contribution in [3.8, 4) is 0 Å². The molecule has 0 aliphatic carbocycles. The molecule has 3 N–H and O–H groups in total. The minimum absolute atomic E-state index is 0.272. The fraction of sp³-hybridized carbons (Fsp3) is 0.545. The first-order valence-corrected chi connectivity index (χ1v) is 9.12. The van der Waals surface area contributed by atoms with Crippen molar-refractivity contribution in [3.05, 3.63) is 23.7 Å². The maximum Gasteiger partial charge on any atom is 0.268 e. The van der Waals surface area contributed by atoms with E-state index >= 15 is 0 Å². The van der Waals surface area contributed by atoms with Crippen LogP contribution in [0.1, 0.15) is 16.1 Å². The molecule has 112 valence electrons. The molecular weight excluding hydrogens is 302 g/mol. The van der Waals surface area contributed by atoms with Gasteiger partial charge in [-0.1, -0.05) is 0 Å². The summed E-state index contributed by atoms with van der Waals surface area (Å²) in [6.07, 6.45) is 2.63. The van der Waals surface area contributed by atoms with Crippen molar-refractivity contribution in [2.45, 2.75) is 11.9 Å². The van der Waals surface area contributed by atoms with Crippen LogP contribution in [-0.4, -0.2) is 48.9 Å².